The van der Waals surface area contributed by atoms with Gasteiger partial charge in [0, 0.05) is 0 Å². The van der Waals surface area contributed by atoms with Gasteiger partial charge in [0.15, 0.2) is 0 Å². The molecule has 0 aromatic rings. The third kappa shape index (κ3) is 54.0. The summed E-state index contributed by atoms with van der Waals surface area (Å²) >= 11 is 0. The molecule has 8 heavy (non-hydrogen) atoms. The number of rotatable bonds is 0. The molecule has 0 aromatic carbocycles. The summed E-state index contributed by atoms with van der Waals surface area (Å²) in [6.07, 6.45) is 0. The maximum Gasteiger partial charge on any atom is 3.00 e. The van der Waals surface area contributed by atoms with Crippen molar-refractivity contribution in [2.45, 2.75) is 0 Å². The summed E-state index contributed by atoms with van der Waals surface area (Å²) in [5.41, 5.74) is 0. The van der Waals surface area contributed by atoms with Crippen LogP contribution in [0, 0.1) is 0 Å². The SMILES string of the molecule is O=P([O-])([O-])[O-].[Ba+2].[Y+3].[Zr+2]. The maximum atomic E-state index is 8.55. The molecule has 8 heteroatoms. The van der Waals surface area contributed by atoms with Crippen LogP contribution in [0.5, 0.6) is 0 Å². The average Bonchev–Trinajstić information content (AvgIpc) is 0.722. The third-order valence-electron chi connectivity index (χ3n) is 0. The monoisotopic (exact) mass is 412 g/mol. The van der Waals surface area contributed by atoms with Crippen LogP contribution < -0.4 is 14.7 Å². The van der Waals surface area contributed by atoms with Crippen molar-refractivity contribution in [1.29, 1.82) is 0 Å². The van der Waals surface area contributed by atoms with Crippen molar-refractivity contribution in [3.05, 3.63) is 0 Å². The first-order chi connectivity index (χ1) is 2.00. The molecule has 34 valence electrons. The molecule has 0 spiro atoms. The molecule has 0 aromatic heterocycles. The standard InChI is InChI=1S/Ba.H3O4P.Y.Zr/c;1-5(2,3)4;;/h;(H3,1,2,3,4);;/q+2;;+3;+2/p-3. The van der Waals surface area contributed by atoms with Gasteiger partial charge in [0.05, 0.1) is 0 Å². The van der Waals surface area contributed by atoms with Gasteiger partial charge in [-0.1, -0.05) is 0 Å². The van der Waals surface area contributed by atoms with E-state index in [9.17, 15) is 0 Å². The molecule has 0 N–H and O–H groups in total. The Morgan fingerprint density at radius 3 is 1.12 bits per heavy atom. The second kappa shape index (κ2) is 10.7. The van der Waals surface area contributed by atoms with Crippen LogP contribution in [0.15, 0.2) is 0 Å². The molecule has 0 atom stereocenters. The summed E-state index contributed by atoms with van der Waals surface area (Å²) in [6.45, 7) is 0. The molecule has 0 aliphatic heterocycles. The summed E-state index contributed by atoms with van der Waals surface area (Å²) in [5.74, 6) is 0. The van der Waals surface area contributed by atoms with Crippen molar-refractivity contribution in [2.75, 3.05) is 0 Å². The number of phosphoric acid groups is 1. The molecule has 0 aliphatic rings. The van der Waals surface area contributed by atoms with E-state index in [1.54, 1.807) is 0 Å². The summed E-state index contributed by atoms with van der Waals surface area (Å²) < 4.78 is 8.55. The fourth-order valence-electron chi connectivity index (χ4n) is 0. The van der Waals surface area contributed by atoms with Gasteiger partial charge in [-0.25, -0.2) is 0 Å². The second-order valence-corrected chi connectivity index (χ2v) is 1.34. The Bertz CT molecular complexity index is 62.2. The number of hydrogen-bond acceptors (Lipinski definition) is 4. The molecule has 0 radical (unpaired) electrons. The molecule has 0 rings (SSSR count). The van der Waals surface area contributed by atoms with Gasteiger partial charge in [-0.15, -0.1) is 0 Å². The molecule has 0 fully saturated rings. The van der Waals surface area contributed by atoms with E-state index in [4.69, 9.17) is 19.2 Å². The first-order valence-corrected chi connectivity index (χ1v) is 2.19. The van der Waals surface area contributed by atoms with E-state index in [-0.39, 0.29) is 108 Å². The molecule has 0 aliphatic carbocycles. The zero-order chi connectivity index (χ0) is 4.50. The first-order valence-electron chi connectivity index (χ1n) is 0.730. The van der Waals surface area contributed by atoms with Crippen molar-refractivity contribution in [3.63, 3.8) is 0 Å². The summed E-state index contributed by atoms with van der Waals surface area (Å²) in [7, 11) is -5.39. The van der Waals surface area contributed by atoms with Crippen molar-refractivity contribution in [1.82, 2.24) is 0 Å². The van der Waals surface area contributed by atoms with Gasteiger partial charge in [-0.3, -0.25) is 0 Å². The van der Waals surface area contributed by atoms with E-state index in [0.29, 0.717) is 0 Å². The largest absolute Gasteiger partial charge is 3.00 e. The summed E-state index contributed by atoms with van der Waals surface area (Å²) in [6, 6.07) is 0. The Morgan fingerprint density at radius 2 is 1.12 bits per heavy atom. The molecule has 0 bridgehead atoms. The summed E-state index contributed by atoms with van der Waals surface area (Å²) in [4.78, 5) is 25.6. The Balaban J connectivity index is -0.0000000267. The van der Waals surface area contributed by atoms with Gasteiger partial charge in [-0.05, 0) is 0 Å². The summed E-state index contributed by atoms with van der Waals surface area (Å²) in [5, 5.41) is 0. The molecule has 4 nitrogen and oxygen atoms in total. The van der Waals surface area contributed by atoms with Gasteiger partial charge in [0.25, 0.3) is 0 Å². The predicted molar refractivity (Wildman–Crippen MR) is 13.4 cm³/mol. The van der Waals surface area contributed by atoms with Crippen LogP contribution in [-0.4, -0.2) is 48.9 Å². The van der Waals surface area contributed by atoms with Crippen LogP contribution in [0.4, 0.5) is 0 Å². The van der Waals surface area contributed by atoms with Crippen LogP contribution in [0.3, 0.4) is 0 Å². The van der Waals surface area contributed by atoms with E-state index in [1.807, 2.05) is 0 Å². The average molecular weight is 412 g/mol. The van der Waals surface area contributed by atoms with E-state index >= 15 is 0 Å². The quantitative estimate of drug-likeness (QED) is 0.310. The third-order valence-corrected chi connectivity index (χ3v) is 0. The van der Waals surface area contributed by atoms with Crippen LogP contribution >= 0.6 is 7.82 Å². The molecule has 0 amide bonds. The van der Waals surface area contributed by atoms with Crippen molar-refractivity contribution >= 4 is 56.7 Å². The van der Waals surface area contributed by atoms with Gasteiger partial charge in [0.2, 0.25) is 0 Å². The normalized spacial score (nSPS) is 7.38. The van der Waals surface area contributed by atoms with Gasteiger partial charge in [-0.2, -0.15) is 7.82 Å². The Labute approximate surface area is 132 Å². The van der Waals surface area contributed by atoms with E-state index in [1.165, 1.54) is 0 Å². The van der Waals surface area contributed by atoms with E-state index < -0.39 is 7.82 Å². The molecule has 0 heterocycles. The number of hydrogen-bond donors (Lipinski definition) is 0. The van der Waals surface area contributed by atoms with Crippen LogP contribution in [0.2, 0.25) is 0 Å². The van der Waals surface area contributed by atoms with E-state index in [0.717, 1.165) is 0 Å². The molecular weight excluding hydrogens is 412 g/mol. The second-order valence-electron chi connectivity index (χ2n) is 0.447. The minimum absolute atomic E-state index is 0. The van der Waals surface area contributed by atoms with Gasteiger partial charge in [0.1, 0.15) is 0 Å². The minimum Gasteiger partial charge on any atom is -0.822 e. The van der Waals surface area contributed by atoms with Crippen molar-refractivity contribution < 1.29 is 78.2 Å². The fourth-order valence-corrected chi connectivity index (χ4v) is 0. The Morgan fingerprint density at radius 1 is 1.12 bits per heavy atom. The van der Waals surface area contributed by atoms with Crippen molar-refractivity contribution in [2.24, 2.45) is 0 Å². The first kappa shape index (κ1) is 22.6. The Kier molecular flexibility index (Phi) is 30.1. The van der Waals surface area contributed by atoms with Crippen LogP contribution in [0.25, 0.3) is 0 Å². The van der Waals surface area contributed by atoms with Crippen LogP contribution in [-0.2, 0) is 63.5 Å². The molecular formula is BaO4PYZr+4. The molecule has 0 saturated carbocycles. The smallest absolute Gasteiger partial charge is 0.822 e. The topological polar surface area (TPSA) is 86.2 Å². The fraction of sp³-hybridized carbons (Fsp3) is 0. The van der Waals surface area contributed by atoms with Crippen molar-refractivity contribution in [3.8, 4) is 0 Å². The van der Waals surface area contributed by atoms with Gasteiger partial charge >= 0.3 is 108 Å². The minimum atomic E-state index is -5.39. The maximum absolute atomic E-state index is 8.55. The molecule has 0 saturated heterocycles. The van der Waals surface area contributed by atoms with Crippen LogP contribution in [0.1, 0.15) is 0 Å². The van der Waals surface area contributed by atoms with Gasteiger partial charge < -0.3 is 19.2 Å². The zero-order valence-electron chi connectivity index (χ0n) is 3.86. The zero-order valence-corrected chi connectivity index (χ0v) is 14.5. The Hall–Kier alpha value is 3.67. The predicted octanol–water partition coefficient (Wildman–Crippen LogP) is -3.21. The molecule has 0 unspecified atom stereocenters. The van der Waals surface area contributed by atoms with E-state index in [2.05, 4.69) is 0 Å².